The van der Waals surface area contributed by atoms with Crippen LogP contribution in [0.4, 0.5) is 0 Å². The molecular weight excluding hydrogens is 222 g/mol. The first-order valence-corrected chi connectivity index (χ1v) is 8.14. The Morgan fingerprint density at radius 3 is 2.44 bits per heavy atom. The topological polar surface area (TPSA) is 21.3 Å². The van der Waals surface area contributed by atoms with E-state index in [0.29, 0.717) is 0 Å². The van der Waals surface area contributed by atoms with E-state index in [0.717, 1.165) is 43.6 Å². The highest BCUT2D eigenvalue weighted by molar-refractivity contribution is 4.86. The molecule has 0 bridgehead atoms. The summed E-state index contributed by atoms with van der Waals surface area (Å²) in [7, 11) is 0. The van der Waals surface area contributed by atoms with Crippen LogP contribution < -0.4 is 5.32 Å². The first kappa shape index (κ1) is 14.3. The molecule has 0 aromatic carbocycles. The lowest BCUT2D eigenvalue weighted by Gasteiger charge is -2.39. The fourth-order valence-corrected chi connectivity index (χ4v) is 3.93. The van der Waals surface area contributed by atoms with Gasteiger partial charge >= 0.3 is 0 Å². The van der Waals surface area contributed by atoms with E-state index in [1.165, 1.54) is 44.9 Å². The summed E-state index contributed by atoms with van der Waals surface area (Å²) in [6.45, 7) is 7.74. The summed E-state index contributed by atoms with van der Waals surface area (Å²) in [5, 5.41) is 3.74. The van der Waals surface area contributed by atoms with Crippen LogP contribution in [0.1, 0.15) is 58.8 Å². The highest BCUT2D eigenvalue weighted by atomic mass is 16.5. The van der Waals surface area contributed by atoms with Crippen molar-refractivity contribution in [3.05, 3.63) is 0 Å². The lowest BCUT2D eigenvalue weighted by atomic mass is 9.72. The number of rotatable bonds is 5. The maximum Gasteiger partial charge on any atom is 0.0468 e. The first-order valence-electron chi connectivity index (χ1n) is 8.14. The monoisotopic (exact) mass is 253 g/mol. The third kappa shape index (κ3) is 3.96. The van der Waals surface area contributed by atoms with Gasteiger partial charge in [-0.15, -0.1) is 0 Å². The maximum absolute atomic E-state index is 5.49. The van der Waals surface area contributed by atoms with E-state index in [1.807, 2.05) is 0 Å². The van der Waals surface area contributed by atoms with E-state index in [1.54, 1.807) is 0 Å². The zero-order valence-corrected chi connectivity index (χ0v) is 12.3. The van der Waals surface area contributed by atoms with Gasteiger partial charge in [0.05, 0.1) is 0 Å². The SMILES string of the molecule is CCNC1CCC(CC)CC1CC1CCOCC1. The first-order chi connectivity index (χ1) is 8.83. The summed E-state index contributed by atoms with van der Waals surface area (Å²) in [5.41, 5.74) is 0. The highest BCUT2D eigenvalue weighted by Crippen LogP contribution is 2.36. The summed E-state index contributed by atoms with van der Waals surface area (Å²) < 4.78 is 5.49. The van der Waals surface area contributed by atoms with Gasteiger partial charge < -0.3 is 10.1 Å². The van der Waals surface area contributed by atoms with Crippen molar-refractivity contribution in [2.75, 3.05) is 19.8 Å². The van der Waals surface area contributed by atoms with Crippen LogP contribution in [0.3, 0.4) is 0 Å². The van der Waals surface area contributed by atoms with Crippen molar-refractivity contribution in [1.29, 1.82) is 0 Å². The van der Waals surface area contributed by atoms with Crippen LogP contribution >= 0.6 is 0 Å². The summed E-state index contributed by atoms with van der Waals surface area (Å²) >= 11 is 0. The summed E-state index contributed by atoms with van der Waals surface area (Å²) in [6, 6.07) is 0.792. The number of hydrogen-bond donors (Lipinski definition) is 1. The highest BCUT2D eigenvalue weighted by Gasteiger charge is 2.31. The zero-order valence-electron chi connectivity index (χ0n) is 12.3. The predicted molar refractivity (Wildman–Crippen MR) is 76.7 cm³/mol. The lowest BCUT2D eigenvalue weighted by molar-refractivity contribution is 0.0500. The van der Waals surface area contributed by atoms with E-state index in [9.17, 15) is 0 Å². The molecule has 1 N–H and O–H groups in total. The quantitative estimate of drug-likeness (QED) is 0.808. The molecule has 2 heteroatoms. The second-order valence-corrected chi connectivity index (χ2v) is 6.30. The molecule has 2 fully saturated rings. The van der Waals surface area contributed by atoms with Gasteiger partial charge in [0.25, 0.3) is 0 Å². The van der Waals surface area contributed by atoms with Gasteiger partial charge in [-0.25, -0.2) is 0 Å². The van der Waals surface area contributed by atoms with Gasteiger partial charge in [-0.1, -0.05) is 20.3 Å². The molecule has 1 aliphatic carbocycles. The molecule has 1 saturated carbocycles. The molecule has 3 atom stereocenters. The second-order valence-electron chi connectivity index (χ2n) is 6.30. The van der Waals surface area contributed by atoms with Crippen LogP contribution in [0.15, 0.2) is 0 Å². The predicted octanol–water partition coefficient (Wildman–Crippen LogP) is 3.61. The van der Waals surface area contributed by atoms with E-state index in [2.05, 4.69) is 19.2 Å². The molecule has 0 radical (unpaired) electrons. The largest absolute Gasteiger partial charge is 0.381 e. The van der Waals surface area contributed by atoms with Crippen molar-refractivity contribution in [1.82, 2.24) is 5.32 Å². The standard InChI is InChI=1S/C16H31NO/c1-3-13-5-6-16(17-4-2)15(11-13)12-14-7-9-18-10-8-14/h13-17H,3-12H2,1-2H3. The summed E-state index contributed by atoms with van der Waals surface area (Å²) in [4.78, 5) is 0. The Morgan fingerprint density at radius 2 is 1.78 bits per heavy atom. The Kier molecular flexibility index (Phi) is 5.97. The molecular formula is C16H31NO. The zero-order chi connectivity index (χ0) is 12.8. The number of ether oxygens (including phenoxy) is 1. The van der Waals surface area contributed by atoms with Crippen molar-refractivity contribution in [3.63, 3.8) is 0 Å². The van der Waals surface area contributed by atoms with E-state index >= 15 is 0 Å². The lowest BCUT2D eigenvalue weighted by Crippen LogP contribution is -2.41. The molecule has 2 nitrogen and oxygen atoms in total. The molecule has 3 unspecified atom stereocenters. The molecule has 1 aliphatic heterocycles. The smallest absolute Gasteiger partial charge is 0.0468 e. The third-order valence-corrected chi connectivity index (χ3v) is 5.11. The summed E-state index contributed by atoms with van der Waals surface area (Å²) in [5.74, 6) is 2.84. The second kappa shape index (κ2) is 7.49. The minimum atomic E-state index is 0.792. The normalized spacial score (nSPS) is 34.7. The van der Waals surface area contributed by atoms with Gasteiger partial charge in [0, 0.05) is 19.3 Å². The Hall–Kier alpha value is -0.0800. The van der Waals surface area contributed by atoms with Crippen LogP contribution in [0.25, 0.3) is 0 Å². The van der Waals surface area contributed by atoms with E-state index in [-0.39, 0.29) is 0 Å². The van der Waals surface area contributed by atoms with Crippen molar-refractivity contribution in [2.24, 2.45) is 17.8 Å². The van der Waals surface area contributed by atoms with Crippen LogP contribution in [0.2, 0.25) is 0 Å². The molecule has 2 rings (SSSR count). The average molecular weight is 253 g/mol. The van der Waals surface area contributed by atoms with Crippen molar-refractivity contribution in [3.8, 4) is 0 Å². The van der Waals surface area contributed by atoms with E-state index in [4.69, 9.17) is 4.74 Å². The van der Waals surface area contributed by atoms with Crippen LogP contribution in [-0.2, 0) is 4.74 Å². The van der Waals surface area contributed by atoms with Gasteiger partial charge in [-0.3, -0.25) is 0 Å². The van der Waals surface area contributed by atoms with Gasteiger partial charge in [-0.05, 0) is 62.8 Å². The maximum atomic E-state index is 5.49. The van der Waals surface area contributed by atoms with Crippen molar-refractivity contribution >= 4 is 0 Å². The van der Waals surface area contributed by atoms with Gasteiger partial charge in [0.15, 0.2) is 0 Å². The van der Waals surface area contributed by atoms with Crippen LogP contribution in [-0.4, -0.2) is 25.8 Å². The van der Waals surface area contributed by atoms with Gasteiger partial charge in [0.1, 0.15) is 0 Å². The van der Waals surface area contributed by atoms with Crippen LogP contribution in [0, 0.1) is 17.8 Å². The minimum Gasteiger partial charge on any atom is -0.381 e. The Labute approximate surface area is 113 Å². The van der Waals surface area contributed by atoms with Crippen molar-refractivity contribution < 1.29 is 4.74 Å². The number of nitrogens with one attached hydrogen (secondary N) is 1. The Balaban J connectivity index is 1.86. The Morgan fingerprint density at radius 1 is 1.00 bits per heavy atom. The fraction of sp³-hybridized carbons (Fsp3) is 1.00. The van der Waals surface area contributed by atoms with Crippen LogP contribution in [0.5, 0.6) is 0 Å². The Bertz CT molecular complexity index is 225. The third-order valence-electron chi connectivity index (χ3n) is 5.11. The van der Waals surface area contributed by atoms with Gasteiger partial charge in [-0.2, -0.15) is 0 Å². The molecule has 1 heterocycles. The molecule has 106 valence electrons. The minimum absolute atomic E-state index is 0.792. The molecule has 1 saturated heterocycles. The average Bonchev–Trinajstić information content (AvgIpc) is 2.42. The number of hydrogen-bond acceptors (Lipinski definition) is 2. The molecule has 0 aromatic rings. The fourth-order valence-electron chi connectivity index (χ4n) is 3.93. The molecule has 2 aliphatic rings. The van der Waals surface area contributed by atoms with Crippen molar-refractivity contribution in [2.45, 2.75) is 64.8 Å². The molecule has 0 spiro atoms. The van der Waals surface area contributed by atoms with Gasteiger partial charge in [0.2, 0.25) is 0 Å². The summed E-state index contributed by atoms with van der Waals surface area (Å²) in [6.07, 6.45) is 9.73. The molecule has 18 heavy (non-hydrogen) atoms. The van der Waals surface area contributed by atoms with E-state index < -0.39 is 0 Å². The molecule has 0 amide bonds. The molecule has 0 aromatic heterocycles.